The first kappa shape index (κ1) is 31.8. The van der Waals surface area contributed by atoms with E-state index in [4.69, 9.17) is 0 Å². The molecule has 42 heavy (non-hydrogen) atoms. The molecule has 0 unspecified atom stereocenters. The van der Waals surface area contributed by atoms with Gasteiger partial charge in [-0.05, 0) is 28.5 Å². The van der Waals surface area contributed by atoms with Crippen LogP contribution in [0, 0.1) is 6.07 Å². The van der Waals surface area contributed by atoms with Crippen LogP contribution in [0.1, 0.15) is 11.1 Å². The van der Waals surface area contributed by atoms with Gasteiger partial charge in [-0.15, -0.1) is 40.6 Å². The summed E-state index contributed by atoms with van der Waals surface area (Å²) in [4.78, 5) is 0. The summed E-state index contributed by atoms with van der Waals surface area (Å²) in [6, 6.07) is 59.1. The third kappa shape index (κ3) is 6.90. The van der Waals surface area contributed by atoms with Gasteiger partial charge in [-0.3, -0.25) is 0 Å². The van der Waals surface area contributed by atoms with Gasteiger partial charge >= 0.3 is 99.5 Å². The summed E-state index contributed by atoms with van der Waals surface area (Å²) in [6.45, 7) is 0. The number of hydrogen-bond donors (Lipinski definition) is 0. The van der Waals surface area contributed by atoms with Gasteiger partial charge < -0.3 is 24.8 Å². The second kappa shape index (κ2) is 15.4. The molecule has 0 radical (unpaired) electrons. The number of benzene rings is 6. The molecule has 0 aliphatic heterocycles. The maximum Gasteiger partial charge on any atom is -0.0240 e. The topological polar surface area (TPSA) is 0 Å². The van der Waals surface area contributed by atoms with Crippen molar-refractivity contribution in [2.75, 3.05) is 0 Å². The van der Waals surface area contributed by atoms with Crippen LogP contribution in [0.15, 0.2) is 158 Å². The van der Waals surface area contributed by atoms with Crippen molar-refractivity contribution >= 4 is 37.4 Å². The van der Waals surface area contributed by atoms with E-state index in [9.17, 15) is 0 Å². The van der Waals surface area contributed by atoms with Gasteiger partial charge in [0.15, 0.2) is 0 Å². The molecule has 0 aromatic heterocycles. The molecule has 204 valence electrons. The summed E-state index contributed by atoms with van der Waals surface area (Å²) in [5.74, 6) is 0. The van der Waals surface area contributed by atoms with Crippen LogP contribution >= 0.6 is 0 Å². The van der Waals surface area contributed by atoms with Gasteiger partial charge in [0, 0.05) is 0 Å². The standard InChI is InChI=1S/C21H13.C12H10Si.C5H5.2ClH.Hf/c1-2-8-15-14(7-1)13-20-18-11-4-3-9-16(18)17-10-5-6-12-19(17)21(15)20;1-3-7-11(8-4-1)13-12-9-5-2-6-10-12;1-2-4-5-3-1;;;/h1-10,12H,13H2;1-10H;1-5H;2*1H;/q-1;;-1;;;+2/p-2. The summed E-state index contributed by atoms with van der Waals surface area (Å²) in [6.07, 6.45) is 1.02. The van der Waals surface area contributed by atoms with E-state index < -0.39 is 5.49 Å². The molecule has 8 rings (SSSR count). The fourth-order valence-corrected chi connectivity index (χ4v) is 10.4. The Balaban J connectivity index is 0.000000168. The number of hydrogen-bond acceptors (Lipinski definition) is 0. The maximum absolute atomic E-state index is 3.48. The van der Waals surface area contributed by atoms with E-state index in [1.807, 2.05) is 36.4 Å². The van der Waals surface area contributed by atoms with Gasteiger partial charge in [-0.25, -0.2) is 12.1 Å². The van der Waals surface area contributed by atoms with E-state index in [1.165, 1.54) is 77.2 Å². The number of rotatable bonds is 2. The molecule has 0 N–H and O–H groups in total. The second-order valence-corrected chi connectivity index (χ2v) is 17.1. The molecular weight excluding hydrogens is 734 g/mol. The van der Waals surface area contributed by atoms with Gasteiger partial charge in [0.25, 0.3) is 0 Å². The predicted octanol–water partition coefficient (Wildman–Crippen LogP) is 2.12. The van der Waals surface area contributed by atoms with Crippen molar-refractivity contribution in [1.29, 1.82) is 0 Å². The van der Waals surface area contributed by atoms with Crippen LogP contribution in [0.2, 0.25) is 0 Å². The Morgan fingerprint density at radius 1 is 0.571 bits per heavy atom. The Hall–Kier alpha value is -3.14. The quantitative estimate of drug-likeness (QED) is 0.144. The minimum Gasteiger partial charge on any atom is -0.214 e. The van der Waals surface area contributed by atoms with Gasteiger partial charge in [0.2, 0.25) is 0 Å². The Labute approximate surface area is 275 Å². The Bertz CT molecular complexity index is 1820. The van der Waals surface area contributed by atoms with Crippen LogP contribution in [0.25, 0.3) is 32.7 Å². The fraction of sp³-hybridized carbons (Fsp3) is 0.0263. The molecule has 0 bridgehead atoms. The monoisotopic (exact) mass is 762 g/mol. The van der Waals surface area contributed by atoms with E-state index in [2.05, 4.69) is 127 Å². The molecule has 4 heteroatoms. The molecule has 7 aromatic rings. The molecule has 0 saturated carbocycles. The first-order valence-corrected chi connectivity index (χ1v) is 20.5. The Morgan fingerprint density at radius 3 is 1.74 bits per heavy atom. The van der Waals surface area contributed by atoms with Crippen LogP contribution in [-0.4, -0.2) is 5.49 Å². The van der Waals surface area contributed by atoms with Crippen LogP contribution in [-0.2, 0) is 29.4 Å². The molecule has 0 nitrogen and oxygen atoms in total. The normalized spacial score (nSPS) is 10.5. The van der Waals surface area contributed by atoms with E-state index in [0.717, 1.165) is 6.42 Å². The minimum atomic E-state index is -0.406. The van der Waals surface area contributed by atoms with Gasteiger partial charge in [-0.1, -0.05) is 53.9 Å². The molecule has 1 aliphatic rings. The molecule has 7 aromatic carbocycles. The zero-order valence-electron chi connectivity index (χ0n) is 23.0. The molecule has 1 aliphatic carbocycles. The first-order chi connectivity index (χ1) is 19.8. The van der Waals surface area contributed by atoms with Crippen LogP contribution in [0.5, 0.6) is 0 Å². The van der Waals surface area contributed by atoms with Crippen LogP contribution in [0.3, 0.4) is 0 Å². The SMILES string of the molecule is [Cl-].[Cl-].[Hf+2]=[Si](c1ccccc1)c1ccccc1.[c-]1cccc2c1c1c(c3ccccc32)-c2ccccc2C1.c1cc[cH-]c1. The van der Waals surface area contributed by atoms with E-state index in [-0.39, 0.29) is 24.8 Å². The van der Waals surface area contributed by atoms with Crippen molar-refractivity contribution in [3.05, 3.63) is 175 Å². The molecule has 0 saturated heterocycles. The number of halogens is 2. The smallest absolute Gasteiger partial charge is 0.0240 e. The van der Waals surface area contributed by atoms with E-state index >= 15 is 0 Å². The molecular formula is C38H28Cl2HfSi-2. The third-order valence-electron chi connectivity index (χ3n) is 7.28. The van der Waals surface area contributed by atoms with E-state index in [1.54, 1.807) is 0 Å². The Morgan fingerprint density at radius 2 is 1.12 bits per heavy atom. The largest absolute Gasteiger partial charge is 0.214 e. The van der Waals surface area contributed by atoms with Crippen molar-refractivity contribution in [1.82, 2.24) is 0 Å². The van der Waals surface area contributed by atoms with Gasteiger partial charge in [0.1, 0.15) is 0 Å². The van der Waals surface area contributed by atoms with Crippen LogP contribution in [0.4, 0.5) is 0 Å². The van der Waals surface area contributed by atoms with E-state index in [0.29, 0.717) is 0 Å². The first-order valence-electron chi connectivity index (χ1n) is 13.6. The molecule has 0 atom stereocenters. The zero-order chi connectivity index (χ0) is 27.1. The number of fused-ring (bicyclic) bond motifs is 8. The van der Waals surface area contributed by atoms with Crippen molar-refractivity contribution in [2.24, 2.45) is 0 Å². The summed E-state index contributed by atoms with van der Waals surface area (Å²) >= 11 is 1.27. The fourth-order valence-electron chi connectivity index (χ4n) is 5.42. The maximum atomic E-state index is 3.48. The van der Waals surface area contributed by atoms with Crippen molar-refractivity contribution in [3.63, 3.8) is 0 Å². The predicted molar refractivity (Wildman–Crippen MR) is 168 cm³/mol. The summed E-state index contributed by atoms with van der Waals surface area (Å²) in [5.41, 5.74) is 5.27. The molecule has 0 amide bonds. The van der Waals surface area contributed by atoms with Crippen LogP contribution < -0.4 is 35.2 Å². The van der Waals surface area contributed by atoms with Gasteiger partial charge in [-0.2, -0.15) is 18.2 Å². The van der Waals surface area contributed by atoms with Crippen molar-refractivity contribution in [3.8, 4) is 11.1 Å². The average Bonchev–Trinajstić information content (AvgIpc) is 3.75. The third-order valence-corrected chi connectivity index (χ3v) is 15.3. The van der Waals surface area contributed by atoms with Crippen molar-refractivity contribution < 1.29 is 47.8 Å². The zero-order valence-corrected chi connectivity index (χ0v) is 29.1. The van der Waals surface area contributed by atoms with Crippen molar-refractivity contribution in [2.45, 2.75) is 6.42 Å². The summed E-state index contributed by atoms with van der Waals surface area (Å²) in [7, 11) is 0. The molecule has 0 heterocycles. The average molecular weight is 762 g/mol. The summed E-state index contributed by atoms with van der Waals surface area (Å²) in [5, 5.41) is 8.37. The molecule has 0 fully saturated rings. The Kier molecular flexibility index (Phi) is 11.6. The minimum absolute atomic E-state index is 0. The molecule has 0 spiro atoms. The van der Waals surface area contributed by atoms with Gasteiger partial charge in [0.05, 0.1) is 0 Å². The summed E-state index contributed by atoms with van der Waals surface area (Å²) < 4.78 is 0. The second-order valence-electron chi connectivity index (χ2n) is 9.76.